The molecule has 3 nitrogen and oxygen atoms in total. The number of fused-ring (bicyclic) bond motifs is 1. The van der Waals surface area contributed by atoms with Crippen LogP contribution in [0.4, 0.5) is 0 Å². The summed E-state index contributed by atoms with van der Waals surface area (Å²) in [5.41, 5.74) is 2.43. The van der Waals surface area contributed by atoms with Gasteiger partial charge in [-0.3, -0.25) is 0 Å². The molecule has 0 amide bonds. The number of hydrogen-bond donors (Lipinski definition) is 0. The highest BCUT2D eigenvalue weighted by atomic mass is 79.9. The van der Waals surface area contributed by atoms with Gasteiger partial charge in [0.1, 0.15) is 0 Å². The lowest BCUT2D eigenvalue weighted by molar-refractivity contribution is 0.588. The van der Waals surface area contributed by atoms with Crippen LogP contribution in [-0.4, -0.2) is 12.4 Å². The van der Waals surface area contributed by atoms with Crippen molar-refractivity contribution in [3.63, 3.8) is 0 Å². The maximum absolute atomic E-state index is 12.9. The molecule has 2 aromatic carbocycles. The monoisotopic (exact) mass is 363 g/mol. The number of benzene rings is 2. The molecule has 0 aliphatic carbocycles. The van der Waals surface area contributed by atoms with Crippen LogP contribution < -0.4 is 0 Å². The van der Waals surface area contributed by atoms with Crippen LogP contribution in [0.15, 0.2) is 59.6 Å². The fourth-order valence-electron chi connectivity index (χ4n) is 2.50. The number of aromatic nitrogens is 1. The number of aryl methyl sites for hydroxylation is 1. The summed E-state index contributed by atoms with van der Waals surface area (Å²) in [5, 5.41) is 1.53. The maximum atomic E-state index is 12.9. The SMILES string of the molecule is Cc1ccccc1S(=O)(=O)n1ccc2cccc(CBr)c21. The standard InChI is InChI=1S/C16H14BrNO2S/c1-12-5-2-3-8-15(12)21(19,20)18-10-9-13-6-4-7-14(11-17)16(13)18/h2-10H,11H2,1H3. The molecule has 3 rings (SSSR count). The summed E-state index contributed by atoms with van der Waals surface area (Å²) in [6.07, 6.45) is 1.62. The second kappa shape index (κ2) is 5.31. The predicted molar refractivity (Wildman–Crippen MR) is 88.3 cm³/mol. The molecular weight excluding hydrogens is 350 g/mol. The molecule has 21 heavy (non-hydrogen) atoms. The van der Waals surface area contributed by atoms with Crippen molar-refractivity contribution in [2.24, 2.45) is 0 Å². The Balaban J connectivity index is 2.33. The summed E-state index contributed by atoms with van der Waals surface area (Å²) < 4.78 is 27.3. The first-order valence-electron chi connectivity index (χ1n) is 6.52. The van der Waals surface area contributed by atoms with Crippen molar-refractivity contribution in [2.45, 2.75) is 17.1 Å². The molecule has 0 N–H and O–H groups in total. The third-order valence-electron chi connectivity index (χ3n) is 3.54. The Bertz CT molecular complexity index is 913. The highest BCUT2D eigenvalue weighted by molar-refractivity contribution is 9.08. The van der Waals surface area contributed by atoms with Crippen molar-refractivity contribution >= 4 is 36.9 Å². The first-order chi connectivity index (χ1) is 10.1. The number of para-hydroxylation sites is 1. The summed E-state index contributed by atoms with van der Waals surface area (Å²) in [4.78, 5) is 0.340. The molecule has 0 fully saturated rings. The lowest BCUT2D eigenvalue weighted by atomic mass is 10.2. The third-order valence-corrected chi connectivity index (χ3v) is 5.98. The summed E-state index contributed by atoms with van der Waals surface area (Å²) in [7, 11) is -3.59. The van der Waals surface area contributed by atoms with E-state index in [0.29, 0.717) is 10.2 Å². The van der Waals surface area contributed by atoms with E-state index in [1.807, 2.05) is 43.3 Å². The van der Waals surface area contributed by atoms with Crippen molar-refractivity contribution in [1.82, 2.24) is 3.97 Å². The van der Waals surface area contributed by atoms with Gasteiger partial charge in [0, 0.05) is 16.9 Å². The highest BCUT2D eigenvalue weighted by Crippen LogP contribution is 2.27. The molecule has 0 saturated heterocycles. The average Bonchev–Trinajstić information content (AvgIpc) is 2.92. The van der Waals surface area contributed by atoms with Crippen LogP contribution >= 0.6 is 15.9 Å². The van der Waals surface area contributed by atoms with Crippen LogP contribution in [0.25, 0.3) is 10.9 Å². The largest absolute Gasteiger partial charge is 0.268 e. The molecule has 108 valence electrons. The minimum atomic E-state index is -3.59. The van der Waals surface area contributed by atoms with Crippen molar-refractivity contribution in [1.29, 1.82) is 0 Å². The zero-order valence-corrected chi connectivity index (χ0v) is 13.9. The zero-order chi connectivity index (χ0) is 15.0. The van der Waals surface area contributed by atoms with Crippen molar-refractivity contribution in [3.8, 4) is 0 Å². The first-order valence-corrected chi connectivity index (χ1v) is 9.08. The summed E-state index contributed by atoms with van der Waals surface area (Å²) in [6.45, 7) is 1.81. The molecule has 0 radical (unpaired) electrons. The van der Waals surface area contributed by atoms with E-state index in [2.05, 4.69) is 15.9 Å². The Morgan fingerprint density at radius 1 is 1.05 bits per heavy atom. The van der Waals surface area contributed by atoms with E-state index in [1.165, 1.54) is 3.97 Å². The molecule has 0 aliphatic heterocycles. The quantitative estimate of drug-likeness (QED) is 0.657. The van der Waals surface area contributed by atoms with Gasteiger partial charge in [-0.1, -0.05) is 52.3 Å². The first kappa shape index (κ1) is 14.4. The van der Waals surface area contributed by atoms with Crippen LogP contribution in [0.3, 0.4) is 0 Å². The van der Waals surface area contributed by atoms with Crippen LogP contribution in [-0.2, 0) is 15.4 Å². The number of hydrogen-bond acceptors (Lipinski definition) is 2. The molecule has 0 spiro atoms. The van der Waals surface area contributed by atoms with Crippen molar-refractivity contribution in [2.75, 3.05) is 0 Å². The Hall–Kier alpha value is -1.59. The second-order valence-electron chi connectivity index (χ2n) is 4.87. The van der Waals surface area contributed by atoms with E-state index in [-0.39, 0.29) is 0 Å². The molecule has 0 aliphatic rings. The number of halogens is 1. The van der Waals surface area contributed by atoms with Crippen LogP contribution in [0.5, 0.6) is 0 Å². The summed E-state index contributed by atoms with van der Waals surface area (Å²) >= 11 is 3.43. The second-order valence-corrected chi connectivity index (χ2v) is 7.21. The third kappa shape index (κ3) is 2.30. The molecular formula is C16H14BrNO2S. The van der Waals surface area contributed by atoms with E-state index in [1.54, 1.807) is 18.3 Å². The zero-order valence-electron chi connectivity index (χ0n) is 11.5. The topological polar surface area (TPSA) is 39.1 Å². The Morgan fingerprint density at radius 3 is 2.52 bits per heavy atom. The van der Waals surface area contributed by atoms with Crippen molar-refractivity contribution in [3.05, 3.63) is 65.9 Å². The number of alkyl halides is 1. The fraction of sp³-hybridized carbons (Fsp3) is 0.125. The Morgan fingerprint density at radius 2 is 1.81 bits per heavy atom. The van der Waals surface area contributed by atoms with E-state index < -0.39 is 10.0 Å². The Labute approximate surface area is 132 Å². The lowest BCUT2D eigenvalue weighted by Gasteiger charge is -2.11. The Kier molecular flexibility index (Phi) is 3.63. The molecule has 0 atom stereocenters. The smallest absolute Gasteiger partial charge is 0.241 e. The van der Waals surface area contributed by atoms with Crippen LogP contribution in [0.2, 0.25) is 0 Å². The normalized spacial score (nSPS) is 11.9. The van der Waals surface area contributed by atoms with Gasteiger partial charge >= 0.3 is 0 Å². The minimum absolute atomic E-state index is 0.340. The van der Waals surface area contributed by atoms with Crippen molar-refractivity contribution < 1.29 is 8.42 Å². The molecule has 5 heteroatoms. The summed E-state index contributed by atoms with van der Waals surface area (Å²) in [6, 6.07) is 14.7. The number of rotatable bonds is 3. The molecule has 0 bridgehead atoms. The van der Waals surface area contributed by atoms with E-state index >= 15 is 0 Å². The lowest BCUT2D eigenvalue weighted by Crippen LogP contribution is -2.13. The van der Waals surface area contributed by atoms with Gasteiger partial charge in [-0.05, 0) is 30.2 Å². The molecule has 0 saturated carbocycles. The fourth-order valence-corrected chi connectivity index (χ4v) is 4.57. The van der Waals surface area contributed by atoms with Gasteiger partial charge in [-0.15, -0.1) is 0 Å². The molecule has 1 heterocycles. The number of nitrogens with zero attached hydrogens (tertiary/aromatic N) is 1. The van der Waals surface area contributed by atoms with Gasteiger partial charge in [-0.2, -0.15) is 0 Å². The summed E-state index contributed by atoms with van der Waals surface area (Å²) in [5.74, 6) is 0. The van der Waals surface area contributed by atoms with Gasteiger partial charge in [0.25, 0.3) is 10.0 Å². The van der Waals surface area contributed by atoms with Crippen LogP contribution in [0, 0.1) is 6.92 Å². The van der Waals surface area contributed by atoms with Crippen LogP contribution in [0.1, 0.15) is 11.1 Å². The maximum Gasteiger partial charge on any atom is 0.268 e. The molecule has 3 aromatic rings. The van der Waals surface area contributed by atoms with Gasteiger partial charge in [0.2, 0.25) is 0 Å². The van der Waals surface area contributed by atoms with Gasteiger partial charge < -0.3 is 0 Å². The van der Waals surface area contributed by atoms with E-state index in [9.17, 15) is 8.42 Å². The minimum Gasteiger partial charge on any atom is -0.241 e. The highest BCUT2D eigenvalue weighted by Gasteiger charge is 2.21. The van der Waals surface area contributed by atoms with Gasteiger partial charge in [0.15, 0.2) is 0 Å². The van der Waals surface area contributed by atoms with E-state index in [0.717, 1.165) is 22.0 Å². The van der Waals surface area contributed by atoms with Gasteiger partial charge in [-0.25, -0.2) is 12.4 Å². The van der Waals surface area contributed by atoms with E-state index in [4.69, 9.17) is 0 Å². The predicted octanol–water partition coefficient (Wildman–Crippen LogP) is 4.08. The molecule has 0 unspecified atom stereocenters. The average molecular weight is 364 g/mol. The molecule has 1 aromatic heterocycles. The van der Waals surface area contributed by atoms with Gasteiger partial charge in [0.05, 0.1) is 10.4 Å².